The van der Waals surface area contributed by atoms with E-state index in [-0.39, 0.29) is 11.8 Å². The fourth-order valence-electron chi connectivity index (χ4n) is 3.94. The van der Waals surface area contributed by atoms with Crippen LogP contribution in [0.2, 0.25) is 0 Å². The first-order valence-corrected chi connectivity index (χ1v) is 11.7. The lowest BCUT2D eigenvalue weighted by molar-refractivity contribution is -0.120. The van der Waals surface area contributed by atoms with Crippen molar-refractivity contribution in [2.24, 2.45) is 5.92 Å². The van der Waals surface area contributed by atoms with Crippen LogP contribution < -0.4 is 24.4 Å². The van der Waals surface area contributed by atoms with E-state index in [1.807, 2.05) is 62.4 Å². The van der Waals surface area contributed by atoms with E-state index in [2.05, 4.69) is 20.2 Å². The first kappa shape index (κ1) is 23.4. The molecule has 0 radical (unpaired) electrons. The van der Waals surface area contributed by atoms with E-state index in [0.29, 0.717) is 73.8 Å². The zero-order valence-electron chi connectivity index (χ0n) is 19.6. The van der Waals surface area contributed by atoms with Crippen molar-refractivity contribution in [2.45, 2.75) is 26.7 Å². The predicted octanol–water partition coefficient (Wildman–Crippen LogP) is 4.92. The average Bonchev–Trinajstić information content (AvgIpc) is 2.87. The fourth-order valence-corrected chi connectivity index (χ4v) is 3.94. The van der Waals surface area contributed by atoms with Crippen LogP contribution in [0.3, 0.4) is 0 Å². The smallest absolute Gasteiger partial charge is 0.263 e. The number of piperidine rings is 1. The highest BCUT2D eigenvalue weighted by molar-refractivity contribution is 5.94. The van der Waals surface area contributed by atoms with E-state index in [9.17, 15) is 4.79 Å². The van der Waals surface area contributed by atoms with Crippen molar-refractivity contribution in [1.82, 2.24) is 9.97 Å². The predicted molar refractivity (Wildman–Crippen MR) is 131 cm³/mol. The van der Waals surface area contributed by atoms with Crippen LogP contribution >= 0.6 is 0 Å². The monoisotopic (exact) mass is 462 g/mol. The molecule has 0 atom stereocenters. The molecule has 0 saturated carbocycles. The van der Waals surface area contributed by atoms with Gasteiger partial charge in [0.05, 0.1) is 18.9 Å². The Morgan fingerprint density at radius 2 is 1.71 bits per heavy atom. The molecule has 1 aliphatic heterocycles. The lowest BCUT2D eigenvalue weighted by Gasteiger charge is -2.32. The fraction of sp³-hybridized carbons (Fsp3) is 0.346. The Kier molecular flexibility index (Phi) is 7.80. The van der Waals surface area contributed by atoms with Crippen molar-refractivity contribution in [3.63, 3.8) is 0 Å². The van der Waals surface area contributed by atoms with Gasteiger partial charge in [-0.3, -0.25) is 4.79 Å². The maximum absolute atomic E-state index is 13.1. The van der Waals surface area contributed by atoms with E-state index in [1.165, 1.54) is 0 Å². The summed E-state index contributed by atoms with van der Waals surface area (Å²) in [5.74, 6) is 3.06. The van der Waals surface area contributed by atoms with Gasteiger partial charge in [0.15, 0.2) is 5.82 Å². The molecule has 0 spiro atoms. The molecule has 0 aliphatic carbocycles. The SMILES string of the molecule is CCOc1ccc(OCC)c(NC(=O)C2CCN(c3nccnc3Oc3ccccc3)CC2)c1. The van der Waals surface area contributed by atoms with Crippen LogP contribution in [0.4, 0.5) is 11.5 Å². The third-order valence-corrected chi connectivity index (χ3v) is 5.59. The van der Waals surface area contributed by atoms with E-state index < -0.39 is 0 Å². The van der Waals surface area contributed by atoms with Crippen LogP contribution in [0.5, 0.6) is 23.1 Å². The Bertz CT molecular complexity index is 1090. The Morgan fingerprint density at radius 1 is 0.971 bits per heavy atom. The molecule has 1 aromatic heterocycles. The second-order valence-corrected chi connectivity index (χ2v) is 7.87. The van der Waals surface area contributed by atoms with E-state index >= 15 is 0 Å². The first-order chi connectivity index (χ1) is 16.7. The maximum atomic E-state index is 13.1. The number of nitrogens with one attached hydrogen (secondary N) is 1. The second kappa shape index (κ2) is 11.4. The number of ether oxygens (including phenoxy) is 3. The van der Waals surface area contributed by atoms with Gasteiger partial charge in [-0.05, 0) is 51.0 Å². The largest absolute Gasteiger partial charge is 0.494 e. The summed E-state index contributed by atoms with van der Waals surface area (Å²) < 4.78 is 17.2. The number of rotatable bonds is 9. The first-order valence-electron chi connectivity index (χ1n) is 11.7. The van der Waals surface area contributed by atoms with Crippen molar-refractivity contribution in [3.05, 3.63) is 60.9 Å². The van der Waals surface area contributed by atoms with Crippen molar-refractivity contribution in [3.8, 4) is 23.1 Å². The van der Waals surface area contributed by atoms with Crippen LogP contribution in [0.25, 0.3) is 0 Å². The van der Waals surface area contributed by atoms with Gasteiger partial charge in [0.25, 0.3) is 5.88 Å². The summed E-state index contributed by atoms with van der Waals surface area (Å²) in [5, 5.41) is 3.05. The molecule has 178 valence electrons. The molecule has 8 nitrogen and oxygen atoms in total. The van der Waals surface area contributed by atoms with Crippen LogP contribution in [-0.4, -0.2) is 42.2 Å². The van der Waals surface area contributed by atoms with Gasteiger partial charge < -0.3 is 24.4 Å². The minimum atomic E-state index is -0.114. The van der Waals surface area contributed by atoms with Gasteiger partial charge in [-0.15, -0.1) is 0 Å². The highest BCUT2D eigenvalue weighted by atomic mass is 16.5. The molecule has 1 saturated heterocycles. The van der Waals surface area contributed by atoms with Gasteiger partial charge in [-0.1, -0.05) is 18.2 Å². The van der Waals surface area contributed by atoms with Gasteiger partial charge >= 0.3 is 0 Å². The molecular formula is C26H30N4O4. The van der Waals surface area contributed by atoms with Gasteiger partial charge in [-0.25, -0.2) is 9.97 Å². The zero-order chi connectivity index (χ0) is 23.8. The zero-order valence-corrected chi connectivity index (χ0v) is 19.6. The van der Waals surface area contributed by atoms with E-state index in [1.54, 1.807) is 12.4 Å². The van der Waals surface area contributed by atoms with Gasteiger partial charge in [-0.2, -0.15) is 0 Å². The number of hydrogen-bond acceptors (Lipinski definition) is 7. The molecule has 1 fully saturated rings. The Morgan fingerprint density at radius 3 is 2.44 bits per heavy atom. The molecule has 0 bridgehead atoms. The topological polar surface area (TPSA) is 85.8 Å². The van der Waals surface area contributed by atoms with Crippen LogP contribution in [0.1, 0.15) is 26.7 Å². The molecule has 2 aromatic carbocycles. The number of carbonyl (C=O) groups is 1. The second-order valence-electron chi connectivity index (χ2n) is 7.87. The lowest BCUT2D eigenvalue weighted by Crippen LogP contribution is -2.38. The number of aromatic nitrogens is 2. The molecule has 8 heteroatoms. The number of anilines is 2. The molecule has 3 aromatic rings. The molecule has 34 heavy (non-hydrogen) atoms. The molecule has 1 amide bonds. The molecule has 2 heterocycles. The summed E-state index contributed by atoms with van der Waals surface area (Å²) in [6.45, 7) is 6.27. The van der Waals surface area contributed by atoms with Crippen molar-refractivity contribution in [1.29, 1.82) is 0 Å². The average molecular weight is 463 g/mol. The Hall–Kier alpha value is -3.81. The quantitative estimate of drug-likeness (QED) is 0.483. The van der Waals surface area contributed by atoms with Crippen molar-refractivity contribution in [2.75, 3.05) is 36.5 Å². The summed E-state index contributed by atoms with van der Waals surface area (Å²) in [5.41, 5.74) is 0.632. The maximum Gasteiger partial charge on any atom is 0.263 e. The third kappa shape index (κ3) is 5.75. The molecule has 1 N–H and O–H groups in total. The van der Waals surface area contributed by atoms with Gasteiger partial charge in [0.2, 0.25) is 5.91 Å². The summed E-state index contributed by atoms with van der Waals surface area (Å²) >= 11 is 0. The molecule has 0 unspecified atom stereocenters. The number of amides is 1. The molecular weight excluding hydrogens is 432 g/mol. The number of nitrogens with zero attached hydrogens (tertiary/aromatic N) is 3. The molecule has 4 rings (SSSR count). The summed E-state index contributed by atoms with van der Waals surface area (Å²) in [6, 6.07) is 15.0. The highest BCUT2D eigenvalue weighted by Gasteiger charge is 2.28. The Balaban J connectivity index is 1.40. The van der Waals surface area contributed by atoms with Crippen LogP contribution in [-0.2, 0) is 4.79 Å². The van der Waals surface area contributed by atoms with E-state index in [0.717, 1.165) is 0 Å². The van der Waals surface area contributed by atoms with Crippen molar-refractivity contribution < 1.29 is 19.0 Å². The number of carbonyl (C=O) groups excluding carboxylic acids is 1. The molecule has 1 aliphatic rings. The third-order valence-electron chi connectivity index (χ3n) is 5.59. The minimum absolute atomic E-state index is 0.0193. The lowest BCUT2D eigenvalue weighted by atomic mass is 9.95. The summed E-state index contributed by atoms with van der Waals surface area (Å²) in [7, 11) is 0. The highest BCUT2D eigenvalue weighted by Crippen LogP contribution is 2.33. The van der Waals surface area contributed by atoms with Gasteiger partial charge in [0.1, 0.15) is 17.2 Å². The summed E-state index contributed by atoms with van der Waals surface area (Å²) in [6.07, 6.45) is 4.67. The summed E-state index contributed by atoms with van der Waals surface area (Å²) in [4.78, 5) is 24.1. The number of para-hydroxylation sites is 1. The van der Waals surface area contributed by atoms with Crippen LogP contribution in [0.15, 0.2) is 60.9 Å². The van der Waals surface area contributed by atoms with Gasteiger partial charge in [0, 0.05) is 37.5 Å². The van der Waals surface area contributed by atoms with Crippen molar-refractivity contribution >= 4 is 17.4 Å². The minimum Gasteiger partial charge on any atom is -0.494 e. The van der Waals surface area contributed by atoms with E-state index in [4.69, 9.17) is 14.2 Å². The Labute approximate surface area is 199 Å². The van der Waals surface area contributed by atoms with Crippen LogP contribution in [0, 0.1) is 5.92 Å². The number of benzene rings is 2. The standard InChI is InChI=1S/C26H30N4O4/c1-3-32-21-10-11-23(33-4-2)22(18-21)29-25(31)19-12-16-30(17-13-19)24-26(28-15-14-27-24)34-20-8-6-5-7-9-20/h5-11,14-15,18-19H,3-4,12-13,16-17H2,1-2H3,(H,29,31). The number of hydrogen-bond donors (Lipinski definition) is 1. The normalized spacial score (nSPS) is 13.9.